The van der Waals surface area contributed by atoms with Gasteiger partial charge in [0, 0.05) is 11.3 Å². The first-order valence-electron chi connectivity index (χ1n) is 10.5. The van der Waals surface area contributed by atoms with Crippen LogP contribution < -0.4 is 10.9 Å². The number of rotatable bonds is 11. The molecule has 3 N–H and O–H groups in total. The Morgan fingerprint density at radius 2 is 1.97 bits per heavy atom. The number of hydroxylamine groups is 2. The number of hydrogen-bond acceptors (Lipinski definition) is 5. The van der Waals surface area contributed by atoms with Gasteiger partial charge in [0.15, 0.2) is 0 Å². The van der Waals surface area contributed by atoms with Gasteiger partial charge in [0.1, 0.15) is 0 Å². The molecule has 168 valence electrons. The molecule has 0 aliphatic rings. The van der Waals surface area contributed by atoms with Gasteiger partial charge in [0.25, 0.3) is 5.91 Å². The van der Waals surface area contributed by atoms with Crippen molar-refractivity contribution in [2.75, 3.05) is 6.54 Å². The van der Waals surface area contributed by atoms with Gasteiger partial charge in [-0.15, -0.1) is 0 Å². The van der Waals surface area contributed by atoms with Crippen LogP contribution in [0.15, 0.2) is 30.3 Å². The van der Waals surface area contributed by atoms with E-state index in [-0.39, 0.29) is 13.0 Å². The monoisotopic (exact) mass is 429 g/mol. The average molecular weight is 430 g/mol. The molecule has 0 bridgehead atoms. The molecule has 2 aromatic rings. The second kappa shape index (κ2) is 11.8. The van der Waals surface area contributed by atoms with Crippen molar-refractivity contribution < 1.29 is 19.6 Å². The van der Waals surface area contributed by atoms with E-state index in [0.29, 0.717) is 23.6 Å². The van der Waals surface area contributed by atoms with Crippen molar-refractivity contribution in [2.45, 2.75) is 53.0 Å². The number of carbonyl (C=O) groups excluding carboxylic acids is 3. The lowest BCUT2D eigenvalue weighted by molar-refractivity contribution is -0.154. The molecule has 0 aliphatic heterocycles. The van der Waals surface area contributed by atoms with Crippen LogP contribution >= 0.6 is 0 Å². The Labute approximate surface area is 182 Å². The highest BCUT2D eigenvalue weighted by Crippen LogP contribution is 2.14. The molecule has 1 heterocycles. The minimum Gasteiger partial charge on any atom is -0.286 e. The minimum absolute atomic E-state index is 0.135. The summed E-state index contributed by atoms with van der Waals surface area (Å²) in [5.41, 5.74) is 7.95. The third kappa shape index (κ3) is 7.21. The molecular formula is C22H31N5O4. The van der Waals surface area contributed by atoms with E-state index in [1.165, 1.54) is 0 Å². The zero-order valence-electron chi connectivity index (χ0n) is 18.3. The van der Waals surface area contributed by atoms with E-state index < -0.39 is 17.7 Å². The summed E-state index contributed by atoms with van der Waals surface area (Å²) in [6.45, 7) is 6.19. The molecule has 0 aliphatic carbocycles. The second-order valence-corrected chi connectivity index (χ2v) is 7.61. The first kappa shape index (κ1) is 24.1. The van der Waals surface area contributed by atoms with Gasteiger partial charge in [-0.05, 0) is 38.0 Å². The third-order valence-electron chi connectivity index (χ3n) is 5.04. The van der Waals surface area contributed by atoms with Crippen molar-refractivity contribution in [3.8, 4) is 0 Å². The molecule has 1 atom stereocenters. The van der Waals surface area contributed by atoms with Crippen LogP contribution in [0, 0.1) is 19.8 Å². The first-order chi connectivity index (χ1) is 14.8. The van der Waals surface area contributed by atoms with E-state index in [1.807, 2.05) is 43.7 Å². The van der Waals surface area contributed by atoms with Crippen molar-refractivity contribution in [2.24, 2.45) is 5.92 Å². The van der Waals surface area contributed by atoms with Crippen LogP contribution in [0.5, 0.6) is 0 Å². The zero-order valence-corrected chi connectivity index (χ0v) is 18.3. The minimum atomic E-state index is -0.632. The fraction of sp³-hybridized carbons (Fsp3) is 0.455. The summed E-state index contributed by atoms with van der Waals surface area (Å²) >= 11 is 0. The van der Waals surface area contributed by atoms with Crippen molar-refractivity contribution in [1.29, 1.82) is 0 Å². The maximum Gasteiger partial charge on any atom is 0.270 e. The Morgan fingerprint density at radius 3 is 2.61 bits per heavy atom. The Kier molecular flexibility index (Phi) is 9.20. The van der Waals surface area contributed by atoms with Gasteiger partial charge < -0.3 is 0 Å². The molecule has 1 aromatic carbocycles. The highest BCUT2D eigenvalue weighted by Gasteiger charge is 2.22. The van der Waals surface area contributed by atoms with E-state index in [2.05, 4.69) is 16.0 Å². The summed E-state index contributed by atoms with van der Waals surface area (Å²) in [5, 5.41) is 14.4. The van der Waals surface area contributed by atoms with E-state index >= 15 is 0 Å². The van der Waals surface area contributed by atoms with Crippen molar-refractivity contribution in [3.63, 3.8) is 0 Å². The SMILES string of the molecule is CCCCC[C@H](CN(O)C=O)C(=O)NNC(=O)c1ccccc1Cn1nc(C)cc1C. The lowest BCUT2D eigenvalue weighted by atomic mass is 10.0. The summed E-state index contributed by atoms with van der Waals surface area (Å²) in [6.07, 6.45) is 3.44. The standard InChI is InChI=1S/C22H31N5O4/c1-4-5-6-10-19(13-26(31)15-28)21(29)23-24-22(30)20-11-8-7-9-18(20)14-27-17(3)12-16(2)25-27/h7-9,11-12,15,19,31H,4-6,10,13-14H2,1-3H3,(H,23,29)(H,24,30)/t19-/m1/s1. The van der Waals surface area contributed by atoms with E-state index in [4.69, 9.17) is 0 Å². The maximum absolute atomic E-state index is 12.7. The predicted molar refractivity (Wildman–Crippen MR) is 115 cm³/mol. The number of hydrogen-bond donors (Lipinski definition) is 3. The number of carbonyl (C=O) groups is 3. The Hall–Kier alpha value is -3.20. The van der Waals surface area contributed by atoms with Gasteiger partial charge in [0.05, 0.1) is 24.7 Å². The quantitative estimate of drug-likeness (QED) is 0.219. The predicted octanol–water partition coefficient (Wildman–Crippen LogP) is 2.35. The molecule has 0 radical (unpaired) electrons. The number of nitrogens with one attached hydrogen (secondary N) is 2. The molecular weight excluding hydrogens is 398 g/mol. The zero-order chi connectivity index (χ0) is 22.8. The van der Waals surface area contributed by atoms with Crippen LogP contribution in [0.1, 0.15) is 59.9 Å². The second-order valence-electron chi connectivity index (χ2n) is 7.61. The highest BCUT2D eigenvalue weighted by molar-refractivity contribution is 5.96. The molecule has 1 aromatic heterocycles. The molecule has 0 saturated carbocycles. The molecule has 3 amide bonds. The number of benzene rings is 1. The van der Waals surface area contributed by atoms with E-state index in [9.17, 15) is 19.6 Å². The summed E-state index contributed by atoms with van der Waals surface area (Å²) in [5.74, 6) is -1.54. The largest absolute Gasteiger partial charge is 0.286 e. The number of hydrazine groups is 1. The maximum atomic E-state index is 12.7. The third-order valence-corrected chi connectivity index (χ3v) is 5.04. The van der Waals surface area contributed by atoms with Crippen LogP contribution in [0.3, 0.4) is 0 Å². The van der Waals surface area contributed by atoms with Crippen LogP contribution in [-0.2, 0) is 16.1 Å². The number of unbranched alkanes of at least 4 members (excludes halogenated alkanes) is 2. The normalized spacial score (nSPS) is 11.6. The lowest BCUT2D eigenvalue weighted by Gasteiger charge is -2.20. The molecule has 0 saturated heterocycles. The van der Waals surface area contributed by atoms with Crippen LogP contribution in [0.25, 0.3) is 0 Å². The van der Waals surface area contributed by atoms with Crippen LogP contribution in [-0.4, -0.2) is 44.8 Å². The fourth-order valence-corrected chi connectivity index (χ4v) is 3.38. The summed E-state index contributed by atoms with van der Waals surface area (Å²) in [6, 6.07) is 9.08. The Balaban J connectivity index is 2.04. The molecule has 0 fully saturated rings. The molecule has 9 heteroatoms. The molecule has 9 nitrogen and oxygen atoms in total. The molecule has 0 unspecified atom stereocenters. The van der Waals surface area contributed by atoms with Gasteiger partial charge in [-0.2, -0.15) is 5.10 Å². The van der Waals surface area contributed by atoms with Crippen LogP contribution in [0.4, 0.5) is 0 Å². The van der Waals surface area contributed by atoms with Gasteiger partial charge in [-0.25, -0.2) is 5.06 Å². The molecule has 2 rings (SSSR count). The fourth-order valence-electron chi connectivity index (χ4n) is 3.38. The number of aromatic nitrogens is 2. The topological polar surface area (TPSA) is 117 Å². The number of aryl methyl sites for hydroxylation is 2. The smallest absolute Gasteiger partial charge is 0.270 e. The first-order valence-corrected chi connectivity index (χ1v) is 10.5. The van der Waals surface area contributed by atoms with Gasteiger partial charge in [-0.3, -0.25) is 35.1 Å². The number of nitrogens with zero attached hydrogens (tertiary/aromatic N) is 3. The lowest BCUT2D eigenvalue weighted by Crippen LogP contribution is -2.47. The van der Waals surface area contributed by atoms with Crippen molar-refractivity contribution in [1.82, 2.24) is 25.7 Å². The molecule has 31 heavy (non-hydrogen) atoms. The van der Waals surface area contributed by atoms with Crippen molar-refractivity contribution in [3.05, 3.63) is 52.8 Å². The Morgan fingerprint density at radius 1 is 1.23 bits per heavy atom. The van der Waals surface area contributed by atoms with Gasteiger partial charge in [0.2, 0.25) is 12.3 Å². The van der Waals surface area contributed by atoms with Gasteiger partial charge >= 0.3 is 0 Å². The summed E-state index contributed by atoms with van der Waals surface area (Å²) in [4.78, 5) is 36.0. The van der Waals surface area contributed by atoms with Gasteiger partial charge in [-0.1, -0.05) is 44.4 Å². The average Bonchev–Trinajstić information content (AvgIpc) is 3.07. The van der Waals surface area contributed by atoms with Crippen molar-refractivity contribution >= 4 is 18.2 Å². The van der Waals surface area contributed by atoms with E-state index in [0.717, 1.165) is 36.2 Å². The number of amides is 3. The molecule has 0 spiro atoms. The Bertz CT molecular complexity index is 896. The highest BCUT2D eigenvalue weighted by atomic mass is 16.5. The van der Waals surface area contributed by atoms with E-state index in [1.54, 1.807) is 12.1 Å². The van der Waals surface area contributed by atoms with Crippen LogP contribution in [0.2, 0.25) is 0 Å². The summed E-state index contributed by atoms with van der Waals surface area (Å²) in [7, 11) is 0. The summed E-state index contributed by atoms with van der Waals surface area (Å²) < 4.78 is 1.82.